The van der Waals surface area contributed by atoms with E-state index in [-0.39, 0.29) is 11.0 Å². The highest BCUT2D eigenvalue weighted by molar-refractivity contribution is 6.61. The van der Waals surface area contributed by atoms with E-state index in [4.69, 9.17) is 0 Å². The summed E-state index contributed by atoms with van der Waals surface area (Å²) < 4.78 is 3.90. The highest BCUT2D eigenvalue weighted by Gasteiger charge is 2.25. The summed E-state index contributed by atoms with van der Waals surface area (Å²) >= 11 is 0. The Labute approximate surface area is 109 Å². The predicted octanol–water partition coefficient (Wildman–Crippen LogP) is -1.87. The summed E-state index contributed by atoms with van der Waals surface area (Å²) in [6.45, 7) is 2.48. The van der Waals surface area contributed by atoms with E-state index in [0.717, 1.165) is 11.0 Å². The lowest BCUT2D eigenvalue weighted by molar-refractivity contribution is 0.421. The number of hydrogen-bond acceptors (Lipinski definition) is 4. The molecule has 0 amide bonds. The fourth-order valence-electron chi connectivity index (χ4n) is 2.32. The largest absolute Gasteiger partial charge is 0.506 e. The molecule has 0 saturated carbocycles. The zero-order valence-electron chi connectivity index (χ0n) is 11.1. The van der Waals surface area contributed by atoms with Gasteiger partial charge in [-0.1, -0.05) is 6.92 Å². The molecule has 2 aromatic rings. The minimum Gasteiger partial charge on any atom is -0.422 e. The summed E-state index contributed by atoms with van der Waals surface area (Å²) in [6.07, 6.45) is 2.38. The normalized spacial score (nSPS) is 11.2. The number of aryl methyl sites for hydroxylation is 2. The van der Waals surface area contributed by atoms with Gasteiger partial charge in [-0.2, -0.15) is 0 Å². The topological polar surface area (TPSA) is 89.4 Å². The van der Waals surface area contributed by atoms with Crippen molar-refractivity contribution in [2.45, 2.75) is 19.9 Å². The first-order valence-corrected chi connectivity index (χ1v) is 6.05. The molecule has 0 aliphatic rings. The summed E-state index contributed by atoms with van der Waals surface area (Å²) in [7, 11) is 1.16. The zero-order valence-corrected chi connectivity index (χ0v) is 11.1. The smallest absolute Gasteiger partial charge is 0.422 e. The van der Waals surface area contributed by atoms with Crippen molar-refractivity contribution in [2.75, 3.05) is 0 Å². The lowest BCUT2D eigenvalue weighted by atomic mass is 9.84. The average molecular weight is 265 g/mol. The summed E-state index contributed by atoms with van der Waals surface area (Å²) in [5, 5.41) is 19.2. The molecule has 0 saturated heterocycles. The Balaban J connectivity index is 3.01. The summed E-state index contributed by atoms with van der Waals surface area (Å²) in [5.74, 6) is 0. The highest BCUT2D eigenvalue weighted by Crippen LogP contribution is 2.08. The minimum atomic E-state index is -1.76. The molecule has 0 aliphatic carbocycles. The van der Waals surface area contributed by atoms with Gasteiger partial charge in [-0.15, -0.1) is 0 Å². The lowest BCUT2D eigenvalue weighted by Gasteiger charge is -2.07. The SMILES string of the molecule is CCCn1cc2c(c1B(O)O)c(=O)n(C)c(=O)n2C. The van der Waals surface area contributed by atoms with Crippen LogP contribution in [0.5, 0.6) is 0 Å². The molecular formula is C11H16BN3O4. The molecule has 2 aromatic heterocycles. The van der Waals surface area contributed by atoms with Crippen molar-refractivity contribution in [1.29, 1.82) is 0 Å². The van der Waals surface area contributed by atoms with Gasteiger partial charge in [0.2, 0.25) is 0 Å². The van der Waals surface area contributed by atoms with Gasteiger partial charge in [0.05, 0.1) is 16.5 Å². The number of rotatable bonds is 3. The third-order valence-electron chi connectivity index (χ3n) is 3.26. The Bertz CT molecular complexity index is 741. The van der Waals surface area contributed by atoms with Gasteiger partial charge in [0, 0.05) is 26.8 Å². The van der Waals surface area contributed by atoms with E-state index in [1.165, 1.54) is 11.6 Å². The van der Waals surface area contributed by atoms with Crippen LogP contribution in [0.4, 0.5) is 0 Å². The Hall–Kier alpha value is -1.80. The molecule has 0 radical (unpaired) electrons. The Morgan fingerprint density at radius 1 is 1.21 bits per heavy atom. The quantitative estimate of drug-likeness (QED) is 0.636. The van der Waals surface area contributed by atoms with Gasteiger partial charge in [0.25, 0.3) is 5.56 Å². The number of hydrogen-bond donors (Lipinski definition) is 2. The van der Waals surface area contributed by atoms with Gasteiger partial charge in [-0.25, -0.2) is 4.79 Å². The van der Waals surface area contributed by atoms with E-state index >= 15 is 0 Å². The van der Waals surface area contributed by atoms with Crippen molar-refractivity contribution >= 4 is 23.6 Å². The van der Waals surface area contributed by atoms with Gasteiger partial charge < -0.3 is 14.6 Å². The first kappa shape index (κ1) is 13.6. The van der Waals surface area contributed by atoms with E-state index in [1.54, 1.807) is 17.8 Å². The van der Waals surface area contributed by atoms with Crippen molar-refractivity contribution in [3.05, 3.63) is 27.0 Å². The van der Waals surface area contributed by atoms with Crippen LogP contribution in [0.1, 0.15) is 13.3 Å². The molecule has 0 atom stereocenters. The predicted molar refractivity (Wildman–Crippen MR) is 72.5 cm³/mol. The number of aromatic nitrogens is 3. The Kier molecular flexibility index (Phi) is 3.38. The Morgan fingerprint density at radius 3 is 2.37 bits per heavy atom. The van der Waals surface area contributed by atoms with Crippen LogP contribution in [0.3, 0.4) is 0 Å². The second-order valence-electron chi connectivity index (χ2n) is 4.55. The van der Waals surface area contributed by atoms with E-state index < -0.39 is 18.4 Å². The summed E-state index contributed by atoms with van der Waals surface area (Å²) in [4.78, 5) is 24.0. The fourth-order valence-corrected chi connectivity index (χ4v) is 2.32. The van der Waals surface area contributed by atoms with Crippen molar-refractivity contribution in [2.24, 2.45) is 14.1 Å². The minimum absolute atomic E-state index is 0.132. The van der Waals surface area contributed by atoms with Gasteiger partial charge in [0.1, 0.15) is 0 Å². The van der Waals surface area contributed by atoms with Crippen LogP contribution >= 0.6 is 0 Å². The average Bonchev–Trinajstić information content (AvgIpc) is 2.74. The molecule has 19 heavy (non-hydrogen) atoms. The summed E-state index contributed by atoms with van der Waals surface area (Å²) in [6, 6.07) is 0. The Morgan fingerprint density at radius 2 is 1.84 bits per heavy atom. The molecule has 8 heteroatoms. The number of nitrogens with zero attached hydrogens (tertiary/aromatic N) is 3. The maximum Gasteiger partial charge on any atom is 0.506 e. The van der Waals surface area contributed by atoms with E-state index in [2.05, 4.69) is 0 Å². The molecule has 0 spiro atoms. The molecule has 0 fully saturated rings. The first-order chi connectivity index (χ1) is 8.90. The molecule has 0 unspecified atom stereocenters. The molecule has 7 nitrogen and oxygen atoms in total. The molecule has 2 N–H and O–H groups in total. The van der Waals surface area contributed by atoms with Crippen molar-refractivity contribution in [1.82, 2.24) is 13.7 Å². The second kappa shape index (κ2) is 4.71. The maximum absolute atomic E-state index is 12.2. The zero-order chi connectivity index (χ0) is 14.3. The van der Waals surface area contributed by atoms with Crippen LogP contribution in [-0.4, -0.2) is 30.9 Å². The molecule has 2 rings (SSSR count). The van der Waals surface area contributed by atoms with Crippen LogP contribution < -0.4 is 16.8 Å². The van der Waals surface area contributed by atoms with E-state index in [0.29, 0.717) is 12.1 Å². The molecule has 2 heterocycles. The monoisotopic (exact) mass is 265 g/mol. The van der Waals surface area contributed by atoms with E-state index in [1.807, 2.05) is 6.92 Å². The second-order valence-corrected chi connectivity index (χ2v) is 4.55. The van der Waals surface area contributed by atoms with Crippen molar-refractivity contribution in [3.63, 3.8) is 0 Å². The number of fused-ring (bicyclic) bond motifs is 1. The standard InChI is InChI=1S/C11H16BN3O4/c1-4-5-15-6-7-8(9(15)12(18)19)10(16)14(3)11(17)13(7)2/h6,18-19H,4-5H2,1-3H3. The van der Waals surface area contributed by atoms with E-state index in [9.17, 15) is 19.6 Å². The van der Waals surface area contributed by atoms with Crippen molar-refractivity contribution in [3.8, 4) is 0 Å². The van der Waals surface area contributed by atoms with Crippen LogP contribution in [0.15, 0.2) is 15.8 Å². The van der Waals surface area contributed by atoms with Gasteiger partial charge >= 0.3 is 12.8 Å². The molecule has 0 bridgehead atoms. The fraction of sp³-hybridized carbons (Fsp3) is 0.455. The lowest BCUT2D eigenvalue weighted by Crippen LogP contribution is -2.42. The summed E-state index contributed by atoms with van der Waals surface area (Å²) in [5.41, 5.74) is -0.418. The van der Waals surface area contributed by atoms with Crippen LogP contribution in [0, 0.1) is 0 Å². The van der Waals surface area contributed by atoms with Gasteiger partial charge in [0.15, 0.2) is 0 Å². The third-order valence-corrected chi connectivity index (χ3v) is 3.26. The molecule has 0 aliphatic heterocycles. The third kappa shape index (κ3) is 1.93. The van der Waals surface area contributed by atoms with Crippen LogP contribution in [0.25, 0.3) is 10.9 Å². The van der Waals surface area contributed by atoms with Gasteiger partial charge in [-0.05, 0) is 6.42 Å². The highest BCUT2D eigenvalue weighted by atomic mass is 16.4. The first-order valence-electron chi connectivity index (χ1n) is 6.05. The maximum atomic E-state index is 12.2. The van der Waals surface area contributed by atoms with Gasteiger partial charge in [-0.3, -0.25) is 13.9 Å². The molecular weight excluding hydrogens is 249 g/mol. The van der Waals surface area contributed by atoms with Crippen LogP contribution in [-0.2, 0) is 20.6 Å². The van der Waals surface area contributed by atoms with Crippen molar-refractivity contribution < 1.29 is 10.0 Å². The molecule has 102 valence electrons. The van der Waals surface area contributed by atoms with Crippen LogP contribution in [0.2, 0.25) is 0 Å². The molecule has 0 aromatic carbocycles.